The quantitative estimate of drug-likeness (QED) is 0.180. The van der Waals surface area contributed by atoms with Crippen LogP contribution in [-0.2, 0) is 33.4 Å². The molecular formula is C15H23N3O8. The lowest BCUT2D eigenvalue weighted by Crippen LogP contribution is -2.57. The molecule has 0 aromatic carbocycles. The van der Waals surface area contributed by atoms with E-state index in [-0.39, 0.29) is 18.9 Å². The summed E-state index contributed by atoms with van der Waals surface area (Å²) in [4.78, 5) is 60.9. The molecule has 146 valence electrons. The first kappa shape index (κ1) is 23.0. The molecule has 0 aromatic heterocycles. The Morgan fingerprint density at radius 3 is 1.81 bits per heavy atom. The standard InChI is InChI=1S/C15H23N3O8/c1-6-25-12(21)15(9(4)19,13(22)26-7-2)10(11(20)24-5)8(3)17-18-14(16)23/h10H,6-7H2,1-5H3,(H3,16,18,23)/b17-8-. The van der Waals surface area contributed by atoms with Crippen LogP contribution < -0.4 is 11.2 Å². The molecule has 0 fully saturated rings. The molecule has 0 aliphatic carbocycles. The van der Waals surface area contributed by atoms with Crippen LogP contribution in [0.25, 0.3) is 0 Å². The van der Waals surface area contributed by atoms with Gasteiger partial charge in [-0.1, -0.05) is 0 Å². The molecule has 0 spiro atoms. The number of primary amides is 1. The number of hydrogen-bond donors (Lipinski definition) is 2. The lowest BCUT2D eigenvalue weighted by molar-refractivity contribution is -0.181. The summed E-state index contributed by atoms with van der Waals surface area (Å²) in [7, 11) is 0.991. The monoisotopic (exact) mass is 373 g/mol. The molecule has 0 aromatic rings. The van der Waals surface area contributed by atoms with Gasteiger partial charge in [0.2, 0.25) is 5.41 Å². The first-order valence-corrected chi connectivity index (χ1v) is 7.63. The number of nitrogens with one attached hydrogen (secondary N) is 1. The van der Waals surface area contributed by atoms with Crippen molar-refractivity contribution in [1.29, 1.82) is 0 Å². The number of nitrogens with zero attached hydrogens (tertiary/aromatic N) is 1. The van der Waals surface area contributed by atoms with Crippen molar-refractivity contribution in [2.75, 3.05) is 20.3 Å². The van der Waals surface area contributed by atoms with Crippen LogP contribution in [-0.4, -0.2) is 55.8 Å². The number of methoxy groups -OCH3 is 1. The van der Waals surface area contributed by atoms with Gasteiger partial charge in [-0.3, -0.25) is 19.2 Å². The number of carbonyl (C=O) groups excluding carboxylic acids is 5. The predicted octanol–water partition coefficient (Wildman–Crippen LogP) is -0.479. The fourth-order valence-electron chi connectivity index (χ4n) is 2.29. The molecule has 1 unspecified atom stereocenters. The van der Waals surface area contributed by atoms with E-state index in [9.17, 15) is 24.0 Å². The Balaban J connectivity index is 6.67. The van der Waals surface area contributed by atoms with Crippen LogP contribution >= 0.6 is 0 Å². The van der Waals surface area contributed by atoms with Gasteiger partial charge in [0.05, 0.1) is 26.0 Å². The van der Waals surface area contributed by atoms with Gasteiger partial charge in [-0.25, -0.2) is 10.2 Å². The Bertz CT molecular complexity index is 596. The van der Waals surface area contributed by atoms with E-state index in [2.05, 4.69) is 9.84 Å². The minimum Gasteiger partial charge on any atom is -0.468 e. The van der Waals surface area contributed by atoms with E-state index in [1.165, 1.54) is 20.8 Å². The Morgan fingerprint density at radius 1 is 1.04 bits per heavy atom. The fraction of sp³-hybridized carbons (Fsp3) is 0.600. The van der Waals surface area contributed by atoms with E-state index in [0.29, 0.717) is 0 Å². The van der Waals surface area contributed by atoms with Crippen LogP contribution in [0.15, 0.2) is 5.10 Å². The van der Waals surface area contributed by atoms with Gasteiger partial charge < -0.3 is 19.9 Å². The Kier molecular flexibility index (Phi) is 8.95. The van der Waals surface area contributed by atoms with Crippen LogP contribution in [0.3, 0.4) is 0 Å². The van der Waals surface area contributed by atoms with Gasteiger partial charge >= 0.3 is 23.9 Å². The normalized spacial score (nSPS) is 12.6. The number of rotatable bonds is 9. The number of esters is 3. The topological polar surface area (TPSA) is 163 Å². The molecule has 0 bridgehead atoms. The first-order valence-electron chi connectivity index (χ1n) is 7.63. The summed E-state index contributed by atoms with van der Waals surface area (Å²) in [6, 6.07) is -1.06. The zero-order valence-electron chi connectivity index (χ0n) is 15.3. The lowest BCUT2D eigenvalue weighted by atomic mass is 9.70. The van der Waals surface area contributed by atoms with Gasteiger partial charge in [0.15, 0.2) is 5.78 Å². The minimum atomic E-state index is -2.69. The SMILES string of the molecule is CCOC(=O)C(C(C)=O)(C(=O)OCC)C(C(=O)OC)/C(C)=N\NC(N)=O. The third-order valence-corrected chi connectivity index (χ3v) is 3.38. The number of hydrogen-bond acceptors (Lipinski definition) is 9. The highest BCUT2D eigenvalue weighted by atomic mass is 16.6. The number of hydrazone groups is 1. The van der Waals surface area contributed by atoms with Crippen molar-refractivity contribution in [3.8, 4) is 0 Å². The average molecular weight is 373 g/mol. The predicted molar refractivity (Wildman–Crippen MR) is 87.7 cm³/mol. The van der Waals surface area contributed by atoms with Gasteiger partial charge in [0.1, 0.15) is 5.92 Å². The highest BCUT2D eigenvalue weighted by Gasteiger charge is 2.63. The van der Waals surface area contributed by atoms with E-state index in [1.54, 1.807) is 0 Å². The first-order chi connectivity index (χ1) is 12.1. The summed E-state index contributed by atoms with van der Waals surface area (Å²) in [6.45, 7) is 4.70. The second-order valence-corrected chi connectivity index (χ2v) is 4.99. The highest BCUT2D eigenvalue weighted by molar-refractivity contribution is 6.26. The van der Waals surface area contributed by atoms with Crippen LogP contribution in [0.4, 0.5) is 4.79 Å². The van der Waals surface area contributed by atoms with E-state index < -0.39 is 41.1 Å². The number of ketones is 1. The maximum atomic E-state index is 12.6. The number of Topliss-reactive ketones (excluding diaryl/α,β-unsaturated/α-hetero) is 1. The number of carbonyl (C=O) groups is 5. The lowest BCUT2D eigenvalue weighted by Gasteiger charge is -2.32. The minimum absolute atomic E-state index is 0.170. The number of ether oxygens (including phenoxy) is 3. The smallest absolute Gasteiger partial charge is 0.332 e. The van der Waals surface area contributed by atoms with Gasteiger partial charge in [0, 0.05) is 0 Å². The number of amides is 2. The number of urea groups is 1. The van der Waals surface area contributed by atoms with Gasteiger partial charge in [-0.2, -0.15) is 5.10 Å². The van der Waals surface area contributed by atoms with Crippen molar-refractivity contribution in [1.82, 2.24) is 5.43 Å². The van der Waals surface area contributed by atoms with Gasteiger partial charge in [-0.15, -0.1) is 0 Å². The third-order valence-electron chi connectivity index (χ3n) is 3.38. The molecule has 0 rings (SSSR count). The van der Waals surface area contributed by atoms with Crippen LogP contribution in [0, 0.1) is 11.3 Å². The molecule has 11 heteroatoms. The largest absolute Gasteiger partial charge is 0.468 e. The Labute approximate surface area is 150 Å². The average Bonchev–Trinajstić information content (AvgIpc) is 2.56. The molecule has 1 atom stereocenters. The summed E-state index contributed by atoms with van der Waals surface area (Å²) in [5.41, 5.74) is 3.80. The number of nitrogens with two attached hydrogens (primary N) is 1. The summed E-state index contributed by atoms with van der Waals surface area (Å²) in [5, 5.41) is 3.55. The van der Waals surface area contributed by atoms with E-state index in [0.717, 1.165) is 14.0 Å². The maximum absolute atomic E-state index is 12.6. The van der Waals surface area contributed by atoms with Crippen LogP contribution in [0.5, 0.6) is 0 Å². The van der Waals surface area contributed by atoms with Crippen molar-refractivity contribution in [3.63, 3.8) is 0 Å². The molecule has 0 radical (unpaired) electrons. The summed E-state index contributed by atoms with van der Waals surface area (Å²) < 4.78 is 14.3. The zero-order chi connectivity index (χ0) is 20.5. The van der Waals surface area contributed by atoms with Crippen LogP contribution in [0.2, 0.25) is 0 Å². The van der Waals surface area contributed by atoms with Gasteiger partial charge in [-0.05, 0) is 27.7 Å². The molecule has 0 aliphatic rings. The van der Waals surface area contributed by atoms with Crippen molar-refractivity contribution < 1.29 is 38.2 Å². The van der Waals surface area contributed by atoms with E-state index >= 15 is 0 Å². The fourth-order valence-corrected chi connectivity index (χ4v) is 2.29. The molecule has 0 heterocycles. The molecule has 3 N–H and O–H groups in total. The molecule has 2 amide bonds. The summed E-state index contributed by atoms with van der Waals surface area (Å²) in [5.74, 6) is -6.58. The second-order valence-electron chi connectivity index (χ2n) is 4.99. The molecule has 0 aliphatic heterocycles. The molecule has 26 heavy (non-hydrogen) atoms. The molecule has 11 nitrogen and oxygen atoms in total. The molecular weight excluding hydrogens is 350 g/mol. The second kappa shape index (κ2) is 10.1. The van der Waals surface area contributed by atoms with Gasteiger partial charge in [0.25, 0.3) is 0 Å². The molecule has 0 saturated carbocycles. The Hall–Kier alpha value is -2.98. The third kappa shape index (κ3) is 4.77. The van der Waals surface area contributed by atoms with Crippen molar-refractivity contribution in [2.24, 2.45) is 22.2 Å². The van der Waals surface area contributed by atoms with Crippen LogP contribution in [0.1, 0.15) is 27.7 Å². The van der Waals surface area contributed by atoms with E-state index in [4.69, 9.17) is 15.2 Å². The highest BCUT2D eigenvalue weighted by Crippen LogP contribution is 2.35. The molecule has 0 saturated heterocycles. The Morgan fingerprint density at radius 2 is 1.50 bits per heavy atom. The van der Waals surface area contributed by atoms with Crippen molar-refractivity contribution in [2.45, 2.75) is 27.7 Å². The zero-order valence-corrected chi connectivity index (χ0v) is 15.3. The summed E-state index contributed by atoms with van der Waals surface area (Å²) >= 11 is 0. The van der Waals surface area contributed by atoms with Crippen molar-refractivity contribution in [3.05, 3.63) is 0 Å². The summed E-state index contributed by atoms with van der Waals surface area (Å²) in [6.07, 6.45) is 0. The van der Waals surface area contributed by atoms with Crippen molar-refractivity contribution >= 4 is 35.4 Å². The van der Waals surface area contributed by atoms with E-state index in [1.807, 2.05) is 5.43 Å². The maximum Gasteiger partial charge on any atom is 0.332 e.